The SMILES string of the molecule is O=c1cc[nH]c2c1cnn2C1CCCCC1. The van der Waals surface area contributed by atoms with E-state index >= 15 is 0 Å². The second kappa shape index (κ2) is 3.77. The number of H-pyrrole nitrogens is 1. The molecule has 2 aromatic heterocycles. The molecular weight excluding hydrogens is 202 g/mol. The van der Waals surface area contributed by atoms with Crippen LogP contribution in [0.5, 0.6) is 0 Å². The Morgan fingerprint density at radius 1 is 1.31 bits per heavy atom. The van der Waals surface area contributed by atoms with Gasteiger partial charge in [-0.25, -0.2) is 4.68 Å². The van der Waals surface area contributed by atoms with Crippen molar-refractivity contribution in [1.29, 1.82) is 0 Å². The molecule has 4 nitrogen and oxygen atoms in total. The molecule has 1 saturated carbocycles. The summed E-state index contributed by atoms with van der Waals surface area (Å²) in [5.74, 6) is 0. The minimum atomic E-state index is 0.0517. The Morgan fingerprint density at radius 2 is 2.12 bits per heavy atom. The van der Waals surface area contributed by atoms with E-state index in [0.717, 1.165) is 5.65 Å². The predicted octanol–water partition coefficient (Wildman–Crippen LogP) is 2.23. The molecule has 4 heteroatoms. The van der Waals surface area contributed by atoms with Crippen LogP contribution in [0.1, 0.15) is 38.1 Å². The Bertz CT molecular complexity index is 549. The van der Waals surface area contributed by atoms with Gasteiger partial charge in [0.2, 0.25) is 0 Å². The van der Waals surface area contributed by atoms with Crippen molar-refractivity contribution in [3.8, 4) is 0 Å². The minimum Gasteiger partial charge on any atom is -0.346 e. The molecule has 1 fully saturated rings. The van der Waals surface area contributed by atoms with E-state index in [2.05, 4.69) is 10.1 Å². The van der Waals surface area contributed by atoms with Gasteiger partial charge in [0.05, 0.1) is 17.6 Å². The number of pyridine rings is 1. The van der Waals surface area contributed by atoms with E-state index in [1.165, 1.54) is 32.1 Å². The van der Waals surface area contributed by atoms with E-state index in [9.17, 15) is 4.79 Å². The molecule has 0 amide bonds. The van der Waals surface area contributed by atoms with Gasteiger partial charge in [-0.1, -0.05) is 19.3 Å². The molecule has 1 aliphatic rings. The molecule has 2 heterocycles. The van der Waals surface area contributed by atoms with Gasteiger partial charge in [0, 0.05) is 12.3 Å². The standard InChI is InChI=1S/C12H15N3O/c16-11-6-7-13-12-10(11)8-14-15(12)9-4-2-1-3-5-9/h6-9H,1-5H2,(H,13,16). The summed E-state index contributed by atoms with van der Waals surface area (Å²) in [6.07, 6.45) is 9.59. The van der Waals surface area contributed by atoms with Crippen LogP contribution in [0.25, 0.3) is 11.0 Å². The molecule has 0 aliphatic heterocycles. The molecular formula is C12H15N3O. The number of rotatable bonds is 1. The van der Waals surface area contributed by atoms with Crippen LogP contribution in [0.15, 0.2) is 23.3 Å². The molecule has 1 N–H and O–H groups in total. The van der Waals surface area contributed by atoms with Gasteiger partial charge < -0.3 is 4.98 Å². The molecule has 0 radical (unpaired) electrons. The van der Waals surface area contributed by atoms with Gasteiger partial charge in [-0.3, -0.25) is 4.79 Å². The van der Waals surface area contributed by atoms with Crippen LogP contribution in [-0.2, 0) is 0 Å². The first-order chi connectivity index (χ1) is 7.86. The fourth-order valence-electron chi connectivity index (χ4n) is 2.57. The van der Waals surface area contributed by atoms with Crippen molar-refractivity contribution in [1.82, 2.24) is 14.8 Å². The van der Waals surface area contributed by atoms with Gasteiger partial charge in [-0.2, -0.15) is 5.10 Å². The summed E-state index contributed by atoms with van der Waals surface area (Å²) >= 11 is 0. The Balaban J connectivity index is 2.10. The largest absolute Gasteiger partial charge is 0.346 e. The topological polar surface area (TPSA) is 50.7 Å². The highest BCUT2D eigenvalue weighted by molar-refractivity contribution is 5.73. The van der Waals surface area contributed by atoms with Crippen LogP contribution < -0.4 is 5.43 Å². The smallest absolute Gasteiger partial charge is 0.192 e. The first kappa shape index (κ1) is 9.63. The highest BCUT2D eigenvalue weighted by Crippen LogP contribution is 2.28. The lowest BCUT2D eigenvalue weighted by Crippen LogP contribution is -2.14. The fraction of sp³-hybridized carbons (Fsp3) is 0.500. The van der Waals surface area contributed by atoms with Crippen molar-refractivity contribution in [2.75, 3.05) is 0 Å². The summed E-state index contributed by atoms with van der Waals surface area (Å²) in [5, 5.41) is 5.07. The third-order valence-corrected chi connectivity index (χ3v) is 3.44. The van der Waals surface area contributed by atoms with Gasteiger partial charge in [0.15, 0.2) is 5.43 Å². The molecule has 16 heavy (non-hydrogen) atoms. The van der Waals surface area contributed by atoms with Gasteiger partial charge in [0.25, 0.3) is 0 Å². The molecule has 1 aliphatic carbocycles. The number of aromatic amines is 1. The zero-order chi connectivity index (χ0) is 11.0. The molecule has 84 valence electrons. The van der Waals surface area contributed by atoms with E-state index in [1.807, 2.05) is 4.68 Å². The Labute approximate surface area is 93.3 Å². The highest BCUT2D eigenvalue weighted by Gasteiger charge is 2.18. The Hall–Kier alpha value is -1.58. The maximum Gasteiger partial charge on any atom is 0.192 e. The van der Waals surface area contributed by atoms with Crippen molar-refractivity contribution in [2.24, 2.45) is 0 Å². The van der Waals surface area contributed by atoms with Gasteiger partial charge in [-0.15, -0.1) is 0 Å². The average Bonchev–Trinajstić information content (AvgIpc) is 2.75. The molecule has 2 aromatic rings. The first-order valence-electron chi connectivity index (χ1n) is 5.91. The van der Waals surface area contributed by atoms with Gasteiger partial charge >= 0.3 is 0 Å². The number of aromatic nitrogens is 3. The third-order valence-electron chi connectivity index (χ3n) is 3.44. The summed E-state index contributed by atoms with van der Waals surface area (Å²) in [7, 11) is 0. The second-order valence-electron chi connectivity index (χ2n) is 4.49. The van der Waals surface area contributed by atoms with Crippen molar-refractivity contribution >= 4 is 11.0 Å². The zero-order valence-electron chi connectivity index (χ0n) is 9.15. The molecule has 0 unspecified atom stereocenters. The van der Waals surface area contributed by atoms with Crippen LogP contribution in [0.3, 0.4) is 0 Å². The number of nitrogens with zero attached hydrogens (tertiary/aromatic N) is 2. The van der Waals surface area contributed by atoms with E-state index in [4.69, 9.17) is 0 Å². The number of fused-ring (bicyclic) bond motifs is 1. The molecule has 0 aromatic carbocycles. The lowest BCUT2D eigenvalue weighted by molar-refractivity contribution is 0.336. The maximum atomic E-state index is 11.6. The first-order valence-corrected chi connectivity index (χ1v) is 5.91. The number of nitrogens with one attached hydrogen (secondary N) is 1. The number of hydrogen-bond donors (Lipinski definition) is 1. The van der Waals surface area contributed by atoms with Crippen LogP contribution >= 0.6 is 0 Å². The fourth-order valence-corrected chi connectivity index (χ4v) is 2.57. The normalized spacial score (nSPS) is 18.0. The van der Waals surface area contributed by atoms with Crippen molar-refractivity contribution in [3.63, 3.8) is 0 Å². The van der Waals surface area contributed by atoms with E-state index in [1.54, 1.807) is 18.5 Å². The summed E-state index contributed by atoms with van der Waals surface area (Å²) in [4.78, 5) is 14.7. The predicted molar refractivity (Wildman–Crippen MR) is 62.5 cm³/mol. The quantitative estimate of drug-likeness (QED) is 0.796. The van der Waals surface area contributed by atoms with Gasteiger partial charge in [0.1, 0.15) is 5.65 Å². The molecule has 3 rings (SSSR count). The van der Waals surface area contributed by atoms with Crippen LogP contribution in [0.4, 0.5) is 0 Å². The van der Waals surface area contributed by atoms with Crippen LogP contribution in [0.2, 0.25) is 0 Å². The van der Waals surface area contributed by atoms with Crippen LogP contribution in [0, 0.1) is 0 Å². The molecule has 0 atom stereocenters. The molecule has 0 spiro atoms. The molecule has 0 bridgehead atoms. The van der Waals surface area contributed by atoms with Gasteiger partial charge in [-0.05, 0) is 12.8 Å². The van der Waals surface area contributed by atoms with E-state index < -0.39 is 0 Å². The van der Waals surface area contributed by atoms with Crippen molar-refractivity contribution in [2.45, 2.75) is 38.1 Å². The van der Waals surface area contributed by atoms with E-state index in [-0.39, 0.29) is 5.43 Å². The second-order valence-corrected chi connectivity index (χ2v) is 4.49. The number of hydrogen-bond acceptors (Lipinski definition) is 2. The summed E-state index contributed by atoms with van der Waals surface area (Å²) in [6, 6.07) is 2.01. The van der Waals surface area contributed by atoms with Crippen molar-refractivity contribution < 1.29 is 0 Å². The lowest BCUT2D eigenvalue weighted by atomic mass is 9.96. The summed E-state index contributed by atoms with van der Waals surface area (Å²) in [5.41, 5.74) is 0.926. The Kier molecular flexibility index (Phi) is 2.27. The Morgan fingerprint density at radius 3 is 2.94 bits per heavy atom. The third kappa shape index (κ3) is 1.45. The summed E-state index contributed by atoms with van der Waals surface area (Å²) in [6.45, 7) is 0. The lowest BCUT2D eigenvalue weighted by Gasteiger charge is -2.22. The minimum absolute atomic E-state index is 0.0517. The van der Waals surface area contributed by atoms with Crippen molar-refractivity contribution in [3.05, 3.63) is 28.7 Å². The highest BCUT2D eigenvalue weighted by atomic mass is 16.1. The zero-order valence-corrected chi connectivity index (χ0v) is 9.15. The average molecular weight is 217 g/mol. The molecule has 0 saturated heterocycles. The van der Waals surface area contributed by atoms with E-state index in [0.29, 0.717) is 11.4 Å². The summed E-state index contributed by atoms with van der Waals surface area (Å²) < 4.78 is 2.00. The van der Waals surface area contributed by atoms with Crippen LogP contribution in [-0.4, -0.2) is 14.8 Å². The monoisotopic (exact) mass is 217 g/mol. The maximum absolute atomic E-state index is 11.6.